The first kappa shape index (κ1) is 20.4. The summed E-state index contributed by atoms with van der Waals surface area (Å²) < 4.78 is 20.7. The Bertz CT molecular complexity index is 728. The topological polar surface area (TPSA) is 107 Å². The van der Waals surface area contributed by atoms with Gasteiger partial charge in [0, 0.05) is 0 Å². The standard InChI is InChI=1S/C19H24N2O6/c1-19(11-20,13-5-6-13)21-16(22)10-27-17(23)9-12-7-14(24-2)18(26-4)15(8-12)25-3/h7-8,13H,5-6,9-10H2,1-4H3,(H,21,22)/t19-/m1/s1. The normalized spacial score (nSPS) is 15.1. The second kappa shape index (κ2) is 8.62. The lowest BCUT2D eigenvalue weighted by molar-refractivity contribution is -0.148. The van der Waals surface area contributed by atoms with Gasteiger partial charge in [-0.2, -0.15) is 5.26 Å². The van der Waals surface area contributed by atoms with Gasteiger partial charge in [-0.1, -0.05) is 0 Å². The number of nitrogens with one attached hydrogen (secondary N) is 1. The van der Waals surface area contributed by atoms with E-state index in [-0.39, 0.29) is 12.3 Å². The van der Waals surface area contributed by atoms with E-state index in [2.05, 4.69) is 11.4 Å². The minimum atomic E-state index is -0.916. The Morgan fingerprint density at radius 2 is 1.78 bits per heavy atom. The fourth-order valence-corrected chi connectivity index (χ4v) is 2.81. The van der Waals surface area contributed by atoms with Gasteiger partial charge in [0.05, 0.1) is 33.8 Å². The summed E-state index contributed by atoms with van der Waals surface area (Å²) in [6.45, 7) is 1.24. The molecule has 0 unspecified atom stereocenters. The van der Waals surface area contributed by atoms with Crippen molar-refractivity contribution in [1.29, 1.82) is 5.26 Å². The largest absolute Gasteiger partial charge is 0.493 e. The zero-order chi connectivity index (χ0) is 20.0. The monoisotopic (exact) mass is 376 g/mol. The molecular formula is C19H24N2O6. The molecule has 0 saturated heterocycles. The molecule has 0 radical (unpaired) electrons. The van der Waals surface area contributed by atoms with Gasteiger partial charge >= 0.3 is 5.97 Å². The van der Waals surface area contributed by atoms with Crippen LogP contribution in [0.3, 0.4) is 0 Å². The molecule has 0 bridgehead atoms. The SMILES string of the molecule is COc1cc(CC(=O)OCC(=O)N[C@](C)(C#N)C2CC2)cc(OC)c1OC. The summed E-state index contributed by atoms with van der Waals surface area (Å²) in [4.78, 5) is 24.1. The Hall–Kier alpha value is -2.95. The maximum Gasteiger partial charge on any atom is 0.310 e. The molecule has 27 heavy (non-hydrogen) atoms. The lowest BCUT2D eigenvalue weighted by Gasteiger charge is -2.22. The van der Waals surface area contributed by atoms with Crippen molar-refractivity contribution in [3.63, 3.8) is 0 Å². The molecule has 1 fully saturated rings. The second-order valence-electron chi connectivity index (χ2n) is 6.51. The Balaban J connectivity index is 1.94. The molecular weight excluding hydrogens is 352 g/mol. The summed E-state index contributed by atoms with van der Waals surface area (Å²) in [7, 11) is 4.45. The fraction of sp³-hybridized carbons (Fsp3) is 0.526. The summed E-state index contributed by atoms with van der Waals surface area (Å²) in [6.07, 6.45) is 1.75. The molecule has 0 heterocycles. The van der Waals surface area contributed by atoms with Crippen molar-refractivity contribution < 1.29 is 28.5 Å². The van der Waals surface area contributed by atoms with Crippen LogP contribution in [0.25, 0.3) is 0 Å². The average Bonchev–Trinajstić information content (AvgIpc) is 3.51. The van der Waals surface area contributed by atoms with Gasteiger partial charge in [-0.05, 0) is 43.4 Å². The molecule has 8 nitrogen and oxygen atoms in total. The lowest BCUT2D eigenvalue weighted by Crippen LogP contribution is -2.48. The Morgan fingerprint density at radius 1 is 1.19 bits per heavy atom. The molecule has 0 spiro atoms. The first-order valence-corrected chi connectivity index (χ1v) is 8.53. The summed E-state index contributed by atoms with van der Waals surface area (Å²) in [5.41, 5.74) is -0.324. The van der Waals surface area contributed by atoms with E-state index in [0.717, 1.165) is 12.8 Å². The van der Waals surface area contributed by atoms with Crippen molar-refractivity contribution in [2.24, 2.45) is 5.92 Å². The van der Waals surface area contributed by atoms with Crippen molar-refractivity contribution in [2.75, 3.05) is 27.9 Å². The highest BCUT2D eigenvalue weighted by atomic mass is 16.5. The third-order valence-electron chi connectivity index (χ3n) is 4.46. The first-order valence-electron chi connectivity index (χ1n) is 8.53. The molecule has 1 aliphatic rings. The van der Waals surface area contributed by atoms with Crippen LogP contribution in [0, 0.1) is 17.2 Å². The molecule has 1 atom stereocenters. The minimum absolute atomic E-state index is 0.0673. The van der Waals surface area contributed by atoms with E-state index in [1.807, 2.05) is 0 Å². The lowest BCUT2D eigenvalue weighted by atomic mass is 9.98. The smallest absolute Gasteiger partial charge is 0.310 e. The van der Waals surface area contributed by atoms with E-state index in [1.54, 1.807) is 19.1 Å². The summed E-state index contributed by atoms with van der Waals surface area (Å²) in [6, 6.07) is 5.41. The molecule has 1 aliphatic carbocycles. The Morgan fingerprint density at radius 3 is 2.22 bits per heavy atom. The highest BCUT2D eigenvalue weighted by molar-refractivity contribution is 5.82. The number of amides is 1. The van der Waals surface area contributed by atoms with Crippen LogP contribution in [-0.2, 0) is 20.7 Å². The summed E-state index contributed by atoms with van der Waals surface area (Å²) >= 11 is 0. The van der Waals surface area contributed by atoms with Crippen molar-refractivity contribution >= 4 is 11.9 Å². The number of esters is 1. The molecule has 1 aromatic carbocycles. The van der Waals surface area contributed by atoms with Gasteiger partial charge in [0.15, 0.2) is 18.1 Å². The van der Waals surface area contributed by atoms with Gasteiger partial charge in [-0.3, -0.25) is 9.59 Å². The van der Waals surface area contributed by atoms with Crippen LogP contribution in [0.4, 0.5) is 0 Å². The number of benzene rings is 1. The maximum absolute atomic E-state index is 12.1. The van der Waals surface area contributed by atoms with E-state index in [9.17, 15) is 14.9 Å². The number of nitriles is 1. The van der Waals surface area contributed by atoms with Gasteiger partial charge in [0.25, 0.3) is 5.91 Å². The van der Waals surface area contributed by atoms with Crippen molar-refractivity contribution in [2.45, 2.75) is 31.7 Å². The Kier molecular flexibility index (Phi) is 6.50. The zero-order valence-corrected chi connectivity index (χ0v) is 16.0. The van der Waals surface area contributed by atoms with Crippen LogP contribution in [-0.4, -0.2) is 45.4 Å². The average molecular weight is 376 g/mol. The molecule has 8 heteroatoms. The van der Waals surface area contributed by atoms with E-state index in [0.29, 0.717) is 22.8 Å². The van der Waals surface area contributed by atoms with Gasteiger partial charge < -0.3 is 24.3 Å². The van der Waals surface area contributed by atoms with Crippen LogP contribution in [0.2, 0.25) is 0 Å². The molecule has 0 aliphatic heterocycles. The van der Waals surface area contributed by atoms with Crippen molar-refractivity contribution in [3.05, 3.63) is 17.7 Å². The number of carbonyl (C=O) groups is 2. The molecule has 1 amide bonds. The van der Waals surface area contributed by atoms with Crippen LogP contribution >= 0.6 is 0 Å². The van der Waals surface area contributed by atoms with Crippen molar-refractivity contribution in [3.8, 4) is 23.3 Å². The van der Waals surface area contributed by atoms with Gasteiger partial charge in [-0.25, -0.2) is 0 Å². The number of hydrogen-bond donors (Lipinski definition) is 1. The van der Waals surface area contributed by atoms with Crippen molar-refractivity contribution in [1.82, 2.24) is 5.32 Å². The zero-order valence-electron chi connectivity index (χ0n) is 16.0. The molecule has 1 saturated carbocycles. The second-order valence-corrected chi connectivity index (χ2v) is 6.51. The minimum Gasteiger partial charge on any atom is -0.493 e. The van der Waals surface area contributed by atoms with E-state index >= 15 is 0 Å². The predicted octanol–water partition coefficient (Wildman–Crippen LogP) is 1.61. The van der Waals surface area contributed by atoms with Gasteiger partial charge in [-0.15, -0.1) is 0 Å². The molecule has 1 N–H and O–H groups in total. The van der Waals surface area contributed by atoms with Crippen LogP contribution in [0.1, 0.15) is 25.3 Å². The predicted molar refractivity (Wildman–Crippen MR) is 95.6 cm³/mol. The molecule has 146 valence electrons. The molecule has 0 aromatic heterocycles. The van der Waals surface area contributed by atoms with Crippen LogP contribution < -0.4 is 19.5 Å². The number of ether oxygens (including phenoxy) is 4. The Labute approximate surface area is 158 Å². The third-order valence-corrected chi connectivity index (χ3v) is 4.46. The number of hydrogen-bond acceptors (Lipinski definition) is 7. The fourth-order valence-electron chi connectivity index (χ4n) is 2.81. The third kappa shape index (κ3) is 5.03. The highest BCUT2D eigenvalue weighted by Crippen LogP contribution is 2.39. The number of carbonyl (C=O) groups excluding carboxylic acids is 2. The van der Waals surface area contributed by atoms with Gasteiger partial charge in [0.1, 0.15) is 5.54 Å². The number of nitrogens with zero attached hydrogens (tertiary/aromatic N) is 1. The quantitative estimate of drug-likeness (QED) is 0.652. The maximum atomic E-state index is 12.1. The summed E-state index contributed by atoms with van der Waals surface area (Å²) in [5, 5.41) is 11.9. The molecule has 1 aromatic rings. The van der Waals surface area contributed by atoms with E-state index in [4.69, 9.17) is 18.9 Å². The first-order chi connectivity index (χ1) is 12.9. The van der Waals surface area contributed by atoms with E-state index in [1.165, 1.54) is 21.3 Å². The van der Waals surface area contributed by atoms with E-state index < -0.39 is 24.0 Å². The van der Waals surface area contributed by atoms with Crippen LogP contribution in [0.15, 0.2) is 12.1 Å². The van der Waals surface area contributed by atoms with Crippen LogP contribution in [0.5, 0.6) is 17.2 Å². The number of rotatable bonds is 9. The highest BCUT2D eigenvalue weighted by Gasteiger charge is 2.43. The van der Waals surface area contributed by atoms with Gasteiger partial charge in [0.2, 0.25) is 5.75 Å². The number of methoxy groups -OCH3 is 3. The summed E-state index contributed by atoms with van der Waals surface area (Å²) in [5.74, 6) is 0.348. The molecule has 2 rings (SSSR count).